The van der Waals surface area contributed by atoms with E-state index in [2.05, 4.69) is 33.2 Å². The summed E-state index contributed by atoms with van der Waals surface area (Å²) in [6.45, 7) is 0. The largest absolute Gasteiger partial charge is 3.00 e. The minimum Gasteiger partial charge on any atom is -0.295 e. The Morgan fingerprint density at radius 3 is 1.19 bits per heavy atom. The van der Waals surface area contributed by atoms with Gasteiger partial charge < -0.3 is 0 Å². The first-order valence-corrected chi connectivity index (χ1v) is 11.6. The van der Waals surface area contributed by atoms with E-state index < -0.39 is 0 Å². The van der Waals surface area contributed by atoms with Crippen LogP contribution in [0.3, 0.4) is 0 Å². The van der Waals surface area contributed by atoms with E-state index in [1.165, 1.54) is 0 Å². The van der Waals surface area contributed by atoms with Crippen LogP contribution < -0.4 is 0 Å². The molecule has 0 saturated carbocycles. The van der Waals surface area contributed by atoms with E-state index in [0.29, 0.717) is 0 Å². The Kier molecular flexibility index (Phi) is 9.18. The van der Waals surface area contributed by atoms with Gasteiger partial charge in [-0.1, -0.05) is 47.5 Å². The fourth-order valence-electron chi connectivity index (χ4n) is 3.67. The molecular weight excluding hydrogens is 541 g/mol. The van der Waals surface area contributed by atoms with E-state index in [1.54, 1.807) is 18.6 Å². The third-order valence-corrected chi connectivity index (χ3v) is 5.41. The minimum atomic E-state index is 0. The molecule has 0 radical (unpaired) electrons. The van der Waals surface area contributed by atoms with Gasteiger partial charge in [-0.25, -0.2) is 5.56 Å². The second-order valence-electron chi connectivity index (χ2n) is 7.88. The van der Waals surface area contributed by atoms with Gasteiger partial charge in [-0.05, 0) is 18.2 Å². The molecule has 0 unspecified atom stereocenters. The topological polar surface area (TPSA) is 38.7 Å². The summed E-state index contributed by atoms with van der Waals surface area (Å²) in [4.78, 5) is 13.0. The smallest absolute Gasteiger partial charge is 0.295 e. The third-order valence-electron chi connectivity index (χ3n) is 5.41. The third kappa shape index (κ3) is 6.91. The first kappa shape index (κ1) is 25.8. The van der Waals surface area contributed by atoms with Crippen LogP contribution in [0.2, 0.25) is 0 Å². The fraction of sp³-hybridized carbons (Fsp3) is 0. The predicted molar refractivity (Wildman–Crippen MR) is 145 cm³/mol. The molecule has 6 rings (SSSR count). The van der Waals surface area contributed by atoms with Crippen molar-refractivity contribution in [2.24, 2.45) is 0 Å². The molecule has 3 nitrogen and oxygen atoms in total. The Morgan fingerprint density at radius 1 is 0.378 bits per heavy atom. The molecule has 0 fully saturated rings. The number of rotatable bonds is 4. The average Bonchev–Trinajstić information content (AvgIpc) is 2.99. The second kappa shape index (κ2) is 13.2. The Hall–Kier alpha value is -4.27. The molecule has 0 aliphatic carbocycles. The van der Waals surface area contributed by atoms with Crippen LogP contribution in [0.5, 0.6) is 0 Å². The zero-order chi connectivity index (χ0) is 24.4. The van der Waals surface area contributed by atoms with Gasteiger partial charge in [-0.3, -0.25) is 15.0 Å². The summed E-state index contributed by atoms with van der Waals surface area (Å²) < 4.78 is 0. The SMILES string of the molecule is [Rh+3].[c-]1c(-c2ccccn2)cccc1-c1ccccn1.[c-]1ccccc1-c1[c-]c(-c2ccccn2)ccc1. The summed E-state index contributed by atoms with van der Waals surface area (Å²) in [5.74, 6) is 0. The molecule has 0 amide bonds. The predicted octanol–water partition coefficient (Wildman–Crippen LogP) is 7.62. The molecule has 178 valence electrons. The maximum absolute atomic E-state index is 4.34. The van der Waals surface area contributed by atoms with Crippen molar-refractivity contribution in [2.75, 3.05) is 0 Å². The molecule has 0 atom stereocenters. The van der Waals surface area contributed by atoms with Crippen LogP contribution in [0.1, 0.15) is 0 Å². The summed E-state index contributed by atoms with van der Waals surface area (Å²) in [6.07, 6.45) is 5.37. The number of nitrogens with zero attached hydrogens (tertiary/aromatic N) is 3. The molecule has 0 N–H and O–H groups in total. The Bertz CT molecular complexity index is 1280. The number of hydrogen-bond donors (Lipinski definition) is 0. The first-order valence-electron chi connectivity index (χ1n) is 11.6. The van der Waals surface area contributed by atoms with Gasteiger partial charge in [0.05, 0.1) is 0 Å². The van der Waals surface area contributed by atoms with Gasteiger partial charge >= 0.3 is 19.5 Å². The standard InChI is InChI=1S/C17H11N.C16H11N2.Rh/c1-2-7-14(8-3-1)15-9-6-10-16(13-15)17-11-4-5-12-18-17;1-3-10-17-15(8-1)13-6-5-7-14(12-13)16-9-2-4-11-18-16;/h1-7,9-12H;1-11H;/q-2;-1;+3. The van der Waals surface area contributed by atoms with Gasteiger partial charge in [-0.2, -0.15) is 42.0 Å². The van der Waals surface area contributed by atoms with Crippen molar-refractivity contribution in [3.63, 3.8) is 0 Å². The summed E-state index contributed by atoms with van der Waals surface area (Å²) in [5.41, 5.74) is 7.86. The van der Waals surface area contributed by atoms with Crippen LogP contribution in [-0.4, -0.2) is 15.0 Å². The normalized spacial score (nSPS) is 9.95. The maximum Gasteiger partial charge on any atom is 3.00 e. The molecule has 3 heterocycles. The maximum atomic E-state index is 4.34. The van der Waals surface area contributed by atoms with E-state index in [4.69, 9.17) is 0 Å². The van der Waals surface area contributed by atoms with Crippen molar-refractivity contribution >= 4 is 0 Å². The molecule has 3 aromatic carbocycles. The molecule has 0 bridgehead atoms. The van der Waals surface area contributed by atoms with Crippen LogP contribution in [0.4, 0.5) is 0 Å². The van der Waals surface area contributed by atoms with Gasteiger partial charge in [0.1, 0.15) is 0 Å². The van der Waals surface area contributed by atoms with Crippen LogP contribution >= 0.6 is 0 Å². The number of hydrogen-bond acceptors (Lipinski definition) is 3. The van der Waals surface area contributed by atoms with Gasteiger partial charge in [0.2, 0.25) is 0 Å². The van der Waals surface area contributed by atoms with Gasteiger partial charge in [0.15, 0.2) is 0 Å². The van der Waals surface area contributed by atoms with E-state index in [9.17, 15) is 0 Å². The summed E-state index contributed by atoms with van der Waals surface area (Å²) >= 11 is 0. The Morgan fingerprint density at radius 2 is 0.784 bits per heavy atom. The van der Waals surface area contributed by atoms with Crippen molar-refractivity contribution in [1.82, 2.24) is 15.0 Å². The van der Waals surface area contributed by atoms with Crippen molar-refractivity contribution in [1.29, 1.82) is 0 Å². The Labute approximate surface area is 230 Å². The van der Waals surface area contributed by atoms with Gasteiger partial charge in [-0.15, -0.1) is 48.0 Å². The zero-order valence-corrected chi connectivity index (χ0v) is 21.5. The van der Waals surface area contributed by atoms with Crippen LogP contribution in [0.25, 0.3) is 44.9 Å². The first-order chi connectivity index (χ1) is 17.9. The Balaban J connectivity index is 0.000000168. The zero-order valence-electron chi connectivity index (χ0n) is 19.9. The van der Waals surface area contributed by atoms with Crippen molar-refractivity contribution < 1.29 is 19.5 Å². The summed E-state index contributed by atoms with van der Waals surface area (Å²) in [7, 11) is 0. The second-order valence-corrected chi connectivity index (χ2v) is 7.88. The molecule has 0 saturated heterocycles. The molecule has 3 aromatic heterocycles. The monoisotopic (exact) mass is 563 g/mol. The van der Waals surface area contributed by atoms with Crippen molar-refractivity contribution in [3.05, 3.63) is 152 Å². The van der Waals surface area contributed by atoms with Crippen molar-refractivity contribution in [3.8, 4) is 44.9 Å². The molecule has 37 heavy (non-hydrogen) atoms. The summed E-state index contributed by atoms with van der Waals surface area (Å²) in [5, 5.41) is 0. The van der Waals surface area contributed by atoms with Crippen LogP contribution in [-0.2, 0) is 19.5 Å². The van der Waals surface area contributed by atoms with Crippen molar-refractivity contribution in [2.45, 2.75) is 0 Å². The average molecular weight is 563 g/mol. The fourth-order valence-corrected chi connectivity index (χ4v) is 3.67. The van der Waals surface area contributed by atoms with E-state index >= 15 is 0 Å². The van der Waals surface area contributed by atoms with E-state index in [1.807, 2.05) is 115 Å². The van der Waals surface area contributed by atoms with Crippen LogP contribution in [0.15, 0.2) is 134 Å². The van der Waals surface area contributed by atoms with Gasteiger partial charge in [0.25, 0.3) is 0 Å². The molecule has 6 aromatic rings. The molecular formula is C33H22N3Rh. The number of aromatic nitrogens is 3. The van der Waals surface area contributed by atoms with E-state index in [0.717, 1.165) is 44.9 Å². The summed E-state index contributed by atoms with van der Waals surface area (Å²) in [6, 6.07) is 47.6. The van der Waals surface area contributed by atoms with Crippen LogP contribution in [0, 0.1) is 18.2 Å². The molecule has 0 spiro atoms. The van der Waals surface area contributed by atoms with Gasteiger partial charge in [0, 0.05) is 35.7 Å². The minimum absolute atomic E-state index is 0. The number of benzene rings is 3. The number of pyridine rings is 3. The molecule has 0 aliphatic heterocycles. The molecule has 0 aliphatic rings. The quantitative estimate of drug-likeness (QED) is 0.164. The molecule has 4 heteroatoms. The van der Waals surface area contributed by atoms with E-state index in [-0.39, 0.29) is 19.5 Å².